The SMILES string of the molecule is Cc1ccc(O)c(CNc2ccc(S(C)(=O)=O)nc2)n1. The van der Waals surface area contributed by atoms with Crippen LogP contribution in [0, 0.1) is 6.92 Å². The van der Waals surface area contributed by atoms with Crippen LogP contribution in [-0.4, -0.2) is 29.7 Å². The maximum Gasteiger partial charge on any atom is 0.192 e. The molecule has 2 heterocycles. The van der Waals surface area contributed by atoms with Crippen LogP contribution >= 0.6 is 0 Å². The third-order valence-corrected chi connectivity index (χ3v) is 3.67. The molecule has 0 bridgehead atoms. The number of aromatic hydroxyl groups is 1. The molecule has 0 spiro atoms. The summed E-state index contributed by atoms with van der Waals surface area (Å²) in [6, 6.07) is 6.36. The van der Waals surface area contributed by atoms with Crippen molar-refractivity contribution in [1.82, 2.24) is 9.97 Å². The fourth-order valence-corrected chi connectivity index (χ4v) is 2.18. The van der Waals surface area contributed by atoms with Crippen LogP contribution in [0.1, 0.15) is 11.4 Å². The number of aromatic nitrogens is 2. The van der Waals surface area contributed by atoms with Gasteiger partial charge in [0.1, 0.15) is 11.4 Å². The molecule has 2 aromatic rings. The van der Waals surface area contributed by atoms with Crippen molar-refractivity contribution >= 4 is 15.5 Å². The minimum atomic E-state index is -3.29. The van der Waals surface area contributed by atoms with E-state index >= 15 is 0 Å². The molecule has 0 aliphatic carbocycles. The average Bonchev–Trinajstić information content (AvgIpc) is 2.39. The van der Waals surface area contributed by atoms with Crippen molar-refractivity contribution in [2.24, 2.45) is 0 Å². The molecule has 7 heteroatoms. The Morgan fingerprint density at radius 3 is 2.60 bits per heavy atom. The standard InChI is InChI=1S/C13H15N3O3S/c1-9-3-5-12(17)11(16-9)8-14-10-4-6-13(15-7-10)20(2,18)19/h3-7,14,17H,8H2,1-2H3. The molecule has 0 aliphatic heterocycles. The molecule has 6 nitrogen and oxygen atoms in total. The van der Waals surface area contributed by atoms with Gasteiger partial charge in [0.25, 0.3) is 0 Å². The van der Waals surface area contributed by atoms with E-state index in [0.717, 1.165) is 11.9 Å². The minimum absolute atomic E-state index is 0.0274. The predicted molar refractivity (Wildman–Crippen MR) is 75.3 cm³/mol. The molecule has 0 atom stereocenters. The maximum atomic E-state index is 11.3. The zero-order chi connectivity index (χ0) is 14.8. The molecule has 2 N–H and O–H groups in total. The van der Waals surface area contributed by atoms with Gasteiger partial charge in [-0.15, -0.1) is 0 Å². The summed E-state index contributed by atoms with van der Waals surface area (Å²) < 4.78 is 22.6. The second-order valence-electron chi connectivity index (χ2n) is 4.43. The molecular weight excluding hydrogens is 278 g/mol. The summed E-state index contributed by atoms with van der Waals surface area (Å²) in [6.07, 6.45) is 2.54. The molecule has 20 heavy (non-hydrogen) atoms. The molecule has 106 valence electrons. The largest absolute Gasteiger partial charge is 0.506 e. The van der Waals surface area contributed by atoms with Crippen LogP contribution in [0.4, 0.5) is 5.69 Å². The number of aryl methyl sites for hydroxylation is 1. The Hall–Kier alpha value is -2.15. The lowest BCUT2D eigenvalue weighted by Gasteiger charge is -2.08. The molecule has 0 saturated heterocycles. The monoisotopic (exact) mass is 293 g/mol. The Bertz CT molecular complexity index is 712. The van der Waals surface area contributed by atoms with Crippen LogP contribution in [-0.2, 0) is 16.4 Å². The van der Waals surface area contributed by atoms with Crippen LogP contribution < -0.4 is 5.32 Å². The van der Waals surface area contributed by atoms with Crippen LogP contribution in [0.3, 0.4) is 0 Å². The number of nitrogens with one attached hydrogen (secondary N) is 1. The van der Waals surface area contributed by atoms with Crippen LogP contribution in [0.15, 0.2) is 35.5 Å². The summed E-state index contributed by atoms with van der Waals surface area (Å²) in [6.45, 7) is 2.17. The zero-order valence-electron chi connectivity index (χ0n) is 11.2. The average molecular weight is 293 g/mol. The molecule has 0 fully saturated rings. The van der Waals surface area contributed by atoms with Crippen molar-refractivity contribution in [3.63, 3.8) is 0 Å². The minimum Gasteiger partial charge on any atom is -0.506 e. The predicted octanol–water partition coefficient (Wildman–Crippen LogP) is 1.51. The van der Waals surface area contributed by atoms with E-state index in [1.807, 2.05) is 6.92 Å². The molecule has 0 amide bonds. The maximum absolute atomic E-state index is 11.3. The third kappa shape index (κ3) is 3.45. The number of sulfone groups is 1. The van der Waals surface area contributed by atoms with Crippen molar-refractivity contribution in [2.75, 3.05) is 11.6 Å². The lowest BCUT2D eigenvalue weighted by molar-refractivity contribution is 0.464. The van der Waals surface area contributed by atoms with E-state index in [-0.39, 0.29) is 10.8 Å². The molecular formula is C13H15N3O3S. The van der Waals surface area contributed by atoms with E-state index in [2.05, 4.69) is 15.3 Å². The van der Waals surface area contributed by atoms with Crippen molar-refractivity contribution in [3.8, 4) is 5.75 Å². The quantitative estimate of drug-likeness (QED) is 0.887. The Morgan fingerprint density at radius 1 is 1.25 bits per heavy atom. The molecule has 2 rings (SSSR count). The van der Waals surface area contributed by atoms with Gasteiger partial charge in [-0.25, -0.2) is 13.4 Å². The summed E-state index contributed by atoms with van der Waals surface area (Å²) in [5.74, 6) is 0.115. The van der Waals surface area contributed by atoms with E-state index in [4.69, 9.17) is 0 Å². The highest BCUT2D eigenvalue weighted by Gasteiger charge is 2.08. The Labute approximate surface area is 117 Å². The van der Waals surface area contributed by atoms with Gasteiger partial charge in [-0.3, -0.25) is 4.98 Å². The number of hydrogen-bond acceptors (Lipinski definition) is 6. The lowest BCUT2D eigenvalue weighted by atomic mass is 10.3. The Balaban J connectivity index is 2.10. The fourth-order valence-electron chi connectivity index (χ4n) is 1.62. The Morgan fingerprint density at radius 2 is 2.00 bits per heavy atom. The highest BCUT2D eigenvalue weighted by atomic mass is 32.2. The van der Waals surface area contributed by atoms with Gasteiger partial charge < -0.3 is 10.4 Å². The molecule has 0 aromatic carbocycles. The molecule has 0 unspecified atom stereocenters. The summed E-state index contributed by atoms with van der Waals surface area (Å²) in [5.41, 5.74) is 1.99. The highest BCUT2D eigenvalue weighted by Crippen LogP contribution is 2.17. The first-order chi connectivity index (χ1) is 9.36. The first-order valence-electron chi connectivity index (χ1n) is 5.92. The number of pyridine rings is 2. The first-order valence-corrected chi connectivity index (χ1v) is 7.81. The van der Waals surface area contributed by atoms with Gasteiger partial charge in [0, 0.05) is 11.9 Å². The van der Waals surface area contributed by atoms with E-state index in [1.165, 1.54) is 12.3 Å². The number of rotatable bonds is 4. The number of hydrogen-bond donors (Lipinski definition) is 2. The summed E-state index contributed by atoms with van der Waals surface area (Å²) >= 11 is 0. The normalized spacial score (nSPS) is 11.3. The van der Waals surface area contributed by atoms with Crippen molar-refractivity contribution < 1.29 is 13.5 Å². The molecule has 0 aliphatic rings. The third-order valence-electron chi connectivity index (χ3n) is 2.67. The van der Waals surface area contributed by atoms with Crippen LogP contribution in [0.2, 0.25) is 0 Å². The van der Waals surface area contributed by atoms with E-state index in [0.29, 0.717) is 17.9 Å². The summed E-state index contributed by atoms with van der Waals surface area (Å²) in [4.78, 5) is 8.08. The van der Waals surface area contributed by atoms with Gasteiger partial charge in [0.2, 0.25) is 0 Å². The number of anilines is 1. The van der Waals surface area contributed by atoms with Gasteiger partial charge in [0.05, 0.1) is 18.4 Å². The first kappa shape index (κ1) is 14.3. The molecule has 0 radical (unpaired) electrons. The van der Waals surface area contributed by atoms with Gasteiger partial charge in [0.15, 0.2) is 14.9 Å². The van der Waals surface area contributed by atoms with E-state index < -0.39 is 9.84 Å². The van der Waals surface area contributed by atoms with Gasteiger partial charge in [-0.05, 0) is 31.2 Å². The van der Waals surface area contributed by atoms with Crippen molar-refractivity contribution in [2.45, 2.75) is 18.5 Å². The van der Waals surface area contributed by atoms with Gasteiger partial charge >= 0.3 is 0 Å². The highest BCUT2D eigenvalue weighted by molar-refractivity contribution is 7.90. The Kier molecular flexibility index (Phi) is 3.89. The lowest BCUT2D eigenvalue weighted by Crippen LogP contribution is -2.05. The second-order valence-corrected chi connectivity index (χ2v) is 6.39. The smallest absolute Gasteiger partial charge is 0.192 e. The molecule has 2 aromatic heterocycles. The summed E-state index contributed by atoms with van der Waals surface area (Å²) in [7, 11) is -3.29. The van der Waals surface area contributed by atoms with Crippen molar-refractivity contribution in [3.05, 3.63) is 41.9 Å². The number of nitrogens with zero attached hydrogens (tertiary/aromatic N) is 2. The van der Waals surface area contributed by atoms with E-state index in [1.54, 1.807) is 18.2 Å². The fraction of sp³-hybridized carbons (Fsp3) is 0.231. The molecule has 0 saturated carbocycles. The van der Waals surface area contributed by atoms with Gasteiger partial charge in [-0.2, -0.15) is 0 Å². The second kappa shape index (κ2) is 5.46. The van der Waals surface area contributed by atoms with Gasteiger partial charge in [-0.1, -0.05) is 0 Å². The van der Waals surface area contributed by atoms with Crippen LogP contribution in [0.5, 0.6) is 5.75 Å². The van der Waals surface area contributed by atoms with E-state index in [9.17, 15) is 13.5 Å². The zero-order valence-corrected chi connectivity index (χ0v) is 12.0. The van der Waals surface area contributed by atoms with Crippen LogP contribution in [0.25, 0.3) is 0 Å². The van der Waals surface area contributed by atoms with Crippen molar-refractivity contribution in [1.29, 1.82) is 0 Å². The summed E-state index contributed by atoms with van der Waals surface area (Å²) in [5, 5.41) is 12.7. The topological polar surface area (TPSA) is 92.2 Å².